The standard InChI is InChI=1S/C13H13FN2O3/c1-9(13(17)18)16-7-11(6-15-16)19-8-10-4-2-3-5-12(10)14/h2-7,9H,8H2,1H3,(H,17,18). The molecule has 1 unspecified atom stereocenters. The van der Waals surface area contributed by atoms with Crippen LogP contribution in [0.3, 0.4) is 0 Å². The van der Waals surface area contributed by atoms with Gasteiger partial charge in [0.25, 0.3) is 0 Å². The van der Waals surface area contributed by atoms with Gasteiger partial charge in [0.1, 0.15) is 18.5 Å². The number of carboxylic acid groups (broad SMARTS) is 1. The van der Waals surface area contributed by atoms with Gasteiger partial charge >= 0.3 is 5.97 Å². The highest BCUT2D eigenvalue weighted by atomic mass is 19.1. The van der Waals surface area contributed by atoms with E-state index in [-0.39, 0.29) is 12.4 Å². The van der Waals surface area contributed by atoms with Crippen molar-refractivity contribution in [2.45, 2.75) is 19.6 Å². The minimum absolute atomic E-state index is 0.0693. The topological polar surface area (TPSA) is 64.3 Å². The Morgan fingerprint density at radius 1 is 1.53 bits per heavy atom. The fraction of sp³-hybridized carbons (Fsp3) is 0.231. The summed E-state index contributed by atoms with van der Waals surface area (Å²) in [7, 11) is 0. The normalized spacial score (nSPS) is 12.1. The Bertz CT molecular complexity index is 583. The first-order valence-electron chi connectivity index (χ1n) is 5.71. The van der Waals surface area contributed by atoms with Gasteiger partial charge in [0, 0.05) is 5.56 Å². The van der Waals surface area contributed by atoms with Gasteiger partial charge in [0.15, 0.2) is 5.75 Å². The molecule has 0 fully saturated rings. The van der Waals surface area contributed by atoms with Crippen molar-refractivity contribution >= 4 is 5.97 Å². The molecule has 0 saturated carbocycles. The number of ether oxygens (including phenoxy) is 1. The van der Waals surface area contributed by atoms with E-state index in [2.05, 4.69) is 5.10 Å². The fourth-order valence-corrected chi connectivity index (χ4v) is 1.50. The van der Waals surface area contributed by atoms with Gasteiger partial charge in [-0.05, 0) is 13.0 Å². The van der Waals surface area contributed by atoms with Gasteiger partial charge in [-0.15, -0.1) is 0 Å². The summed E-state index contributed by atoms with van der Waals surface area (Å²) in [5.74, 6) is -0.922. The van der Waals surface area contributed by atoms with E-state index < -0.39 is 12.0 Å². The fourth-order valence-electron chi connectivity index (χ4n) is 1.50. The van der Waals surface area contributed by atoms with Crippen LogP contribution in [-0.2, 0) is 11.4 Å². The first kappa shape index (κ1) is 13.1. The molecule has 1 aromatic heterocycles. The minimum Gasteiger partial charge on any atom is -0.486 e. The summed E-state index contributed by atoms with van der Waals surface area (Å²) in [5.41, 5.74) is 0.432. The lowest BCUT2D eigenvalue weighted by Crippen LogP contribution is -2.15. The van der Waals surface area contributed by atoms with Crippen LogP contribution in [0.5, 0.6) is 5.75 Å². The Hall–Kier alpha value is -2.37. The number of aliphatic carboxylic acids is 1. The number of rotatable bonds is 5. The number of hydrogen-bond acceptors (Lipinski definition) is 3. The molecule has 1 atom stereocenters. The number of carboxylic acids is 1. The zero-order chi connectivity index (χ0) is 13.8. The summed E-state index contributed by atoms with van der Waals surface area (Å²) in [6, 6.07) is 5.53. The molecule has 0 amide bonds. The lowest BCUT2D eigenvalue weighted by molar-refractivity contribution is -0.140. The molecule has 0 radical (unpaired) electrons. The summed E-state index contributed by atoms with van der Waals surface area (Å²) in [6.45, 7) is 1.58. The van der Waals surface area contributed by atoms with Crippen molar-refractivity contribution < 1.29 is 19.0 Å². The number of halogens is 1. The molecule has 5 nitrogen and oxygen atoms in total. The minimum atomic E-state index is -0.983. The summed E-state index contributed by atoms with van der Waals surface area (Å²) in [5, 5.41) is 12.7. The van der Waals surface area contributed by atoms with E-state index in [9.17, 15) is 9.18 Å². The molecule has 0 saturated heterocycles. The van der Waals surface area contributed by atoms with Crippen LogP contribution in [0, 0.1) is 5.82 Å². The average molecular weight is 264 g/mol. The highest BCUT2D eigenvalue weighted by Gasteiger charge is 2.14. The lowest BCUT2D eigenvalue weighted by atomic mass is 10.2. The van der Waals surface area contributed by atoms with Gasteiger partial charge in [-0.2, -0.15) is 5.10 Å². The monoisotopic (exact) mass is 264 g/mol. The van der Waals surface area contributed by atoms with Crippen LogP contribution in [0.25, 0.3) is 0 Å². The lowest BCUT2D eigenvalue weighted by Gasteiger charge is -2.06. The summed E-state index contributed by atoms with van der Waals surface area (Å²) in [4.78, 5) is 10.8. The average Bonchev–Trinajstić information content (AvgIpc) is 2.85. The molecule has 6 heteroatoms. The maximum atomic E-state index is 13.4. The second kappa shape index (κ2) is 5.51. The molecule has 0 aliphatic heterocycles. The van der Waals surface area contributed by atoms with Crippen LogP contribution >= 0.6 is 0 Å². The SMILES string of the molecule is CC(C(=O)O)n1cc(OCc2ccccc2F)cn1. The van der Waals surface area contributed by atoms with E-state index in [1.807, 2.05) is 0 Å². The zero-order valence-corrected chi connectivity index (χ0v) is 10.3. The van der Waals surface area contributed by atoms with Gasteiger partial charge < -0.3 is 9.84 Å². The Labute approximate surface area is 109 Å². The van der Waals surface area contributed by atoms with Gasteiger partial charge in [-0.1, -0.05) is 18.2 Å². The van der Waals surface area contributed by atoms with Crippen LogP contribution in [0.4, 0.5) is 4.39 Å². The third-order valence-corrected chi connectivity index (χ3v) is 2.68. The van der Waals surface area contributed by atoms with Crippen molar-refractivity contribution in [3.63, 3.8) is 0 Å². The van der Waals surface area contributed by atoms with E-state index in [0.717, 1.165) is 0 Å². The summed E-state index contributed by atoms with van der Waals surface area (Å²) in [6.07, 6.45) is 2.87. The van der Waals surface area contributed by atoms with Gasteiger partial charge in [-0.3, -0.25) is 4.68 Å². The second-order valence-corrected chi connectivity index (χ2v) is 4.05. The smallest absolute Gasteiger partial charge is 0.328 e. The predicted octanol–water partition coefficient (Wildman–Crippen LogP) is 2.25. The van der Waals surface area contributed by atoms with Crippen molar-refractivity contribution in [1.82, 2.24) is 9.78 Å². The quantitative estimate of drug-likeness (QED) is 0.899. The number of aromatic nitrogens is 2. The second-order valence-electron chi connectivity index (χ2n) is 4.05. The third-order valence-electron chi connectivity index (χ3n) is 2.68. The molecule has 100 valence electrons. The van der Waals surface area contributed by atoms with Crippen LogP contribution in [0.1, 0.15) is 18.5 Å². The molecule has 0 aliphatic rings. The third kappa shape index (κ3) is 3.09. The van der Waals surface area contributed by atoms with Crippen molar-refractivity contribution in [3.05, 3.63) is 48.0 Å². The van der Waals surface area contributed by atoms with E-state index >= 15 is 0 Å². The maximum absolute atomic E-state index is 13.4. The van der Waals surface area contributed by atoms with E-state index in [1.54, 1.807) is 18.2 Å². The van der Waals surface area contributed by atoms with Crippen molar-refractivity contribution in [3.8, 4) is 5.75 Å². The molecule has 19 heavy (non-hydrogen) atoms. The Morgan fingerprint density at radius 3 is 2.95 bits per heavy atom. The van der Waals surface area contributed by atoms with Gasteiger partial charge in [0.2, 0.25) is 0 Å². The van der Waals surface area contributed by atoms with Gasteiger partial charge in [-0.25, -0.2) is 9.18 Å². The van der Waals surface area contributed by atoms with Crippen molar-refractivity contribution in [1.29, 1.82) is 0 Å². The molecule has 1 N–H and O–H groups in total. The zero-order valence-electron chi connectivity index (χ0n) is 10.3. The number of hydrogen-bond donors (Lipinski definition) is 1. The first-order chi connectivity index (χ1) is 9.08. The number of benzene rings is 1. The summed E-state index contributed by atoms with van der Waals surface area (Å²) < 4.78 is 20.0. The Kier molecular flexibility index (Phi) is 3.79. The first-order valence-corrected chi connectivity index (χ1v) is 5.71. The molecule has 1 heterocycles. The predicted molar refractivity (Wildman–Crippen MR) is 65.3 cm³/mol. The molecule has 0 aliphatic carbocycles. The van der Waals surface area contributed by atoms with E-state index in [1.165, 1.54) is 30.1 Å². The molecule has 0 spiro atoms. The molecular weight excluding hydrogens is 251 g/mol. The van der Waals surface area contributed by atoms with Crippen LogP contribution in [-0.4, -0.2) is 20.9 Å². The number of nitrogens with zero attached hydrogens (tertiary/aromatic N) is 2. The highest BCUT2D eigenvalue weighted by molar-refractivity contribution is 5.71. The Morgan fingerprint density at radius 2 is 2.26 bits per heavy atom. The Balaban J connectivity index is 2.01. The molecule has 2 rings (SSSR count). The number of carbonyl (C=O) groups is 1. The maximum Gasteiger partial charge on any atom is 0.328 e. The van der Waals surface area contributed by atoms with Crippen molar-refractivity contribution in [2.24, 2.45) is 0 Å². The molecule has 0 bridgehead atoms. The van der Waals surface area contributed by atoms with Crippen LogP contribution < -0.4 is 4.74 Å². The van der Waals surface area contributed by atoms with Crippen LogP contribution in [0.2, 0.25) is 0 Å². The molecule has 2 aromatic rings. The van der Waals surface area contributed by atoms with Crippen molar-refractivity contribution in [2.75, 3.05) is 0 Å². The molecular formula is C13H13FN2O3. The summed E-state index contributed by atoms with van der Waals surface area (Å²) >= 11 is 0. The van der Waals surface area contributed by atoms with E-state index in [4.69, 9.17) is 9.84 Å². The van der Waals surface area contributed by atoms with Gasteiger partial charge in [0.05, 0.1) is 12.4 Å². The molecule has 1 aromatic carbocycles. The van der Waals surface area contributed by atoms with E-state index in [0.29, 0.717) is 11.3 Å². The largest absolute Gasteiger partial charge is 0.486 e. The highest BCUT2D eigenvalue weighted by Crippen LogP contribution is 2.16. The van der Waals surface area contributed by atoms with Crippen LogP contribution in [0.15, 0.2) is 36.7 Å².